The van der Waals surface area contributed by atoms with Crippen molar-refractivity contribution in [2.45, 2.75) is 32.1 Å². The van der Waals surface area contributed by atoms with Crippen molar-refractivity contribution in [2.24, 2.45) is 5.92 Å². The smallest absolute Gasteiger partial charge is 0.315 e. The van der Waals surface area contributed by atoms with Crippen LogP contribution in [0.4, 0.5) is 5.69 Å². The van der Waals surface area contributed by atoms with Crippen molar-refractivity contribution in [3.63, 3.8) is 0 Å². The minimum atomic E-state index is -0.241. The molecule has 2 aliphatic rings. The number of benzene rings is 2. The molecule has 0 atom stereocenters. The summed E-state index contributed by atoms with van der Waals surface area (Å²) >= 11 is 0. The van der Waals surface area contributed by atoms with Crippen molar-refractivity contribution < 1.29 is 14.3 Å². The van der Waals surface area contributed by atoms with Gasteiger partial charge >= 0.3 is 5.97 Å². The lowest BCUT2D eigenvalue weighted by molar-refractivity contribution is -0.131. The quantitative estimate of drug-likeness (QED) is 0.464. The van der Waals surface area contributed by atoms with E-state index in [1.807, 2.05) is 18.2 Å². The number of piperidine rings is 1. The molecule has 4 nitrogen and oxygen atoms in total. The van der Waals surface area contributed by atoms with Gasteiger partial charge in [0.25, 0.3) is 0 Å². The Morgan fingerprint density at radius 2 is 1.85 bits per heavy atom. The maximum absolute atomic E-state index is 12.5. The van der Waals surface area contributed by atoms with Crippen LogP contribution in [0.2, 0.25) is 0 Å². The van der Waals surface area contributed by atoms with Crippen LogP contribution in [-0.2, 0) is 11.2 Å². The summed E-state index contributed by atoms with van der Waals surface area (Å²) in [5.41, 5.74) is 2.81. The number of ether oxygens (including phenoxy) is 1. The highest BCUT2D eigenvalue weighted by molar-refractivity contribution is 5.97. The van der Waals surface area contributed by atoms with E-state index in [4.69, 9.17) is 4.74 Å². The molecule has 2 heterocycles. The van der Waals surface area contributed by atoms with Crippen molar-refractivity contribution in [3.8, 4) is 5.75 Å². The van der Waals surface area contributed by atoms with Crippen molar-refractivity contribution in [1.29, 1.82) is 0 Å². The highest BCUT2D eigenvalue weighted by Crippen LogP contribution is 2.29. The lowest BCUT2D eigenvalue weighted by Gasteiger charge is -2.33. The second-order valence-corrected chi connectivity index (χ2v) is 7.20. The van der Waals surface area contributed by atoms with Crippen molar-refractivity contribution in [2.75, 3.05) is 18.0 Å². The number of carbonyl (C=O) groups is 2. The van der Waals surface area contributed by atoms with Gasteiger partial charge in [0.2, 0.25) is 0 Å². The Bertz CT molecular complexity index is 807. The molecule has 2 aromatic carbocycles. The van der Waals surface area contributed by atoms with Crippen molar-refractivity contribution in [1.82, 2.24) is 0 Å². The summed E-state index contributed by atoms with van der Waals surface area (Å²) in [6.45, 7) is 2.11. The van der Waals surface area contributed by atoms with Crippen molar-refractivity contribution in [3.05, 3.63) is 59.7 Å². The molecule has 0 unspecified atom stereocenters. The van der Waals surface area contributed by atoms with E-state index in [1.165, 1.54) is 5.69 Å². The first-order valence-corrected chi connectivity index (χ1v) is 9.36. The summed E-state index contributed by atoms with van der Waals surface area (Å²) in [7, 11) is 0. The molecule has 2 aromatic rings. The van der Waals surface area contributed by atoms with E-state index < -0.39 is 0 Å². The van der Waals surface area contributed by atoms with E-state index in [9.17, 15) is 9.59 Å². The molecule has 0 bridgehead atoms. The average Bonchev–Trinajstić information content (AvgIpc) is 3.06. The van der Waals surface area contributed by atoms with E-state index in [2.05, 4.69) is 29.2 Å². The first-order valence-electron chi connectivity index (χ1n) is 9.36. The highest BCUT2D eigenvalue weighted by atomic mass is 16.5. The standard InChI is InChI=1S/C22H23NO3/c24-20(17-7-8-18-15-22(25)26-21(18)14-17)9-6-16-10-12-23(13-11-16)19-4-2-1-3-5-19/h1-5,7-8,14,16H,6,9-13,15H2. The first kappa shape index (κ1) is 16.8. The van der Waals surface area contributed by atoms with Gasteiger partial charge < -0.3 is 9.64 Å². The Morgan fingerprint density at radius 3 is 2.62 bits per heavy atom. The zero-order valence-corrected chi connectivity index (χ0v) is 14.8. The topological polar surface area (TPSA) is 46.6 Å². The van der Waals surface area contributed by atoms with Crippen molar-refractivity contribution >= 4 is 17.4 Å². The van der Waals surface area contributed by atoms with Gasteiger partial charge in [-0.25, -0.2) is 0 Å². The first-order chi connectivity index (χ1) is 12.7. The maximum atomic E-state index is 12.5. The van der Waals surface area contributed by atoms with Gasteiger partial charge in [-0.15, -0.1) is 0 Å². The Kier molecular flexibility index (Phi) is 4.74. The molecule has 1 fully saturated rings. The molecular weight excluding hydrogens is 326 g/mol. The molecule has 26 heavy (non-hydrogen) atoms. The number of esters is 1. The normalized spacial score (nSPS) is 17.1. The Morgan fingerprint density at radius 1 is 1.08 bits per heavy atom. The average molecular weight is 349 g/mol. The molecule has 0 aromatic heterocycles. The molecule has 1 saturated heterocycles. The minimum absolute atomic E-state index is 0.140. The fourth-order valence-electron chi connectivity index (χ4n) is 3.88. The fraction of sp³-hybridized carbons (Fsp3) is 0.364. The lowest BCUT2D eigenvalue weighted by atomic mass is 9.90. The number of nitrogens with zero attached hydrogens (tertiary/aromatic N) is 1. The predicted molar refractivity (Wildman–Crippen MR) is 101 cm³/mol. The number of hydrogen-bond acceptors (Lipinski definition) is 4. The van der Waals surface area contributed by atoms with E-state index in [-0.39, 0.29) is 11.8 Å². The van der Waals surface area contributed by atoms with Gasteiger partial charge in [0, 0.05) is 36.3 Å². The van der Waals surface area contributed by atoms with Gasteiger partial charge in [0.15, 0.2) is 5.78 Å². The molecular formula is C22H23NO3. The molecule has 4 rings (SSSR count). The summed E-state index contributed by atoms with van der Waals surface area (Å²) in [6, 6.07) is 15.9. The van der Waals surface area contributed by atoms with E-state index >= 15 is 0 Å². The number of ketones is 1. The predicted octanol–water partition coefficient (Wildman–Crippen LogP) is 4.03. The van der Waals surface area contributed by atoms with Crippen LogP contribution in [0.15, 0.2) is 48.5 Å². The number of para-hydroxylation sites is 1. The molecule has 0 radical (unpaired) electrons. The van der Waals surface area contributed by atoms with Crippen LogP contribution in [0.3, 0.4) is 0 Å². The second kappa shape index (κ2) is 7.32. The van der Waals surface area contributed by atoms with Crippen LogP contribution >= 0.6 is 0 Å². The monoisotopic (exact) mass is 349 g/mol. The van der Waals surface area contributed by atoms with Crippen LogP contribution in [0.1, 0.15) is 41.6 Å². The molecule has 4 heteroatoms. The second-order valence-electron chi connectivity index (χ2n) is 7.20. The Hall–Kier alpha value is -2.62. The third-order valence-electron chi connectivity index (χ3n) is 5.46. The number of hydrogen-bond donors (Lipinski definition) is 0. The van der Waals surface area contributed by atoms with Gasteiger partial charge in [-0.05, 0) is 43.4 Å². The summed E-state index contributed by atoms with van der Waals surface area (Å²) in [6.07, 6.45) is 4.05. The molecule has 134 valence electrons. The number of Topliss-reactive ketones (excluding diaryl/α,β-unsaturated/α-hetero) is 1. The molecule has 0 N–H and O–H groups in total. The summed E-state index contributed by atoms with van der Waals surface area (Å²) in [4.78, 5) is 26.3. The van der Waals surface area contributed by atoms with Gasteiger partial charge in [-0.3, -0.25) is 9.59 Å². The third kappa shape index (κ3) is 3.64. The van der Waals surface area contributed by atoms with E-state index in [0.717, 1.165) is 37.9 Å². The van der Waals surface area contributed by atoms with E-state index in [1.54, 1.807) is 6.07 Å². The van der Waals surface area contributed by atoms with Crippen LogP contribution < -0.4 is 9.64 Å². The zero-order valence-electron chi connectivity index (χ0n) is 14.8. The highest BCUT2D eigenvalue weighted by Gasteiger charge is 2.23. The maximum Gasteiger partial charge on any atom is 0.315 e. The molecule has 2 aliphatic heterocycles. The number of fused-ring (bicyclic) bond motifs is 1. The number of rotatable bonds is 5. The van der Waals surface area contributed by atoms with Gasteiger partial charge in [-0.1, -0.05) is 30.3 Å². The number of carbonyl (C=O) groups excluding carboxylic acids is 2. The van der Waals surface area contributed by atoms with Crippen LogP contribution in [0.25, 0.3) is 0 Å². The largest absolute Gasteiger partial charge is 0.426 e. The zero-order chi connectivity index (χ0) is 17.9. The van der Waals surface area contributed by atoms with Crippen LogP contribution in [0.5, 0.6) is 5.75 Å². The summed E-state index contributed by atoms with van der Waals surface area (Å²) < 4.78 is 5.15. The van der Waals surface area contributed by atoms with Gasteiger partial charge in [0.1, 0.15) is 5.75 Å². The van der Waals surface area contributed by atoms with Crippen LogP contribution in [-0.4, -0.2) is 24.8 Å². The molecule has 0 saturated carbocycles. The SMILES string of the molecule is O=C1Cc2ccc(C(=O)CCC3CCN(c4ccccc4)CC3)cc2O1. The van der Waals surface area contributed by atoms with Gasteiger partial charge in [-0.2, -0.15) is 0 Å². The number of anilines is 1. The third-order valence-corrected chi connectivity index (χ3v) is 5.46. The fourth-order valence-corrected chi connectivity index (χ4v) is 3.88. The molecule has 0 spiro atoms. The lowest BCUT2D eigenvalue weighted by Crippen LogP contribution is -2.33. The van der Waals surface area contributed by atoms with Gasteiger partial charge in [0.05, 0.1) is 6.42 Å². The minimum Gasteiger partial charge on any atom is -0.426 e. The van der Waals surface area contributed by atoms with E-state index in [0.29, 0.717) is 30.1 Å². The molecule has 0 amide bonds. The summed E-state index contributed by atoms with van der Waals surface area (Å²) in [5.74, 6) is 1.05. The Balaban J connectivity index is 1.28. The molecule has 0 aliphatic carbocycles. The Labute approximate surface area is 153 Å². The summed E-state index contributed by atoms with van der Waals surface area (Å²) in [5, 5.41) is 0. The van der Waals surface area contributed by atoms with Crippen LogP contribution in [0, 0.1) is 5.92 Å².